The number of amides is 1. The van der Waals surface area contributed by atoms with Crippen LogP contribution in [-0.4, -0.2) is 24.2 Å². The molecular weight excluding hydrogens is 216 g/mol. The maximum Gasteiger partial charge on any atom is 0.429 e. The predicted octanol–water partition coefficient (Wildman–Crippen LogP) is 2.54. The number of para-hydroxylation sites is 1. The lowest BCUT2D eigenvalue weighted by molar-refractivity contribution is 0.108. The average molecular weight is 232 g/mol. The van der Waals surface area contributed by atoms with Crippen LogP contribution in [0.25, 0.3) is 0 Å². The zero-order chi connectivity index (χ0) is 11.7. The number of cyclic esters (lactones) is 1. The Kier molecular flexibility index (Phi) is 2.73. The number of hydrazine groups is 1. The fourth-order valence-corrected chi connectivity index (χ4v) is 2.48. The molecule has 4 heteroatoms. The molecule has 3 rings (SSSR count). The molecule has 0 saturated carbocycles. The molecule has 1 aromatic carbocycles. The summed E-state index contributed by atoms with van der Waals surface area (Å²) in [5.41, 5.74) is 2.06. The van der Waals surface area contributed by atoms with Gasteiger partial charge in [0, 0.05) is 18.7 Å². The Morgan fingerprint density at radius 3 is 2.65 bits per heavy atom. The number of fused-ring (bicyclic) bond motifs is 1. The molecule has 2 aliphatic rings. The van der Waals surface area contributed by atoms with Gasteiger partial charge >= 0.3 is 6.09 Å². The van der Waals surface area contributed by atoms with Gasteiger partial charge in [0.25, 0.3) is 0 Å². The van der Waals surface area contributed by atoms with Crippen LogP contribution in [0.1, 0.15) is 24.8 Å². The molecule has 1 aromatic rings. The summed E-state index contributed by atoms with van der Waals surface area (Å²) in [6.07, 6.45) is 3.30. The largest absolute Gasteiger partial charge is 0.443 e. The smallest absolute Gasteiger partial charge is 0.429 e. The van der Waals surface area contributed by atoms with Gasteiger partial charge in [-0.1, -0.05) is 24.6 Å². The minimum absolute atomic E-state index is 0.245. The van der Waals surface area contributed by atoms with Crippen molar-refractivity contribution in [2.75, 3.05) is 18.1 Å². The number of benzene rings is 1. The highest BCUT2D eigenvalue weighted by atomic mass is 16.6. The van der Waals surface area contributed by atoms with Gasteiger partial charge in [0.1, 0.15) is 6.61 Å². The molecule has 0 spiro atoms. The van der Waals surface area contributed by atoms with E-state index in [2.05, 4.69) is 5.01 Å². The van der Waals surface area contributed by atoms with Crippen molar-refractivity contribution in [3.63, 3.8) is 0 Å². The van der Waals surface area contributed by atoms with Crippen molar-refractivity contribution in [3.8, 4) is 0 Å². The van der Waals surface area contributed by atoms with Crippen LogP contribution in [0.5, 0.6) is 0 Å². The van der Waals surface area contributed by atoms with Gasteiger partial charge in [-0.25, -0.2) is 14.8 Å². The molecule has 4 nitrogen and oxygen atoms in total. The van der Waals surface area contributed by atoms with Crippen molar-refractivity contribution < 1.29 is 9.53 Å². The molecule has 1 amide bonds. The van der Waals surface area contributed by atoms with Gasteiger partial charge in [-0.05, 0) is 18.9 Å². The lowest BCUT2D eigenvalue weighted by atomic mass is 10.1. The minimum atomic E-state index is -0.245. The number of anilines is 1. The second kappa shape index (κ2) is 4.37. The fourth-order valence-electron chi connectivity index (χ4n) is 2.48. The van der Waals surface area contributed by atoms with Gasteiger partial charge in [-0.2, -0.15) is 0 Å². The molecule has 0 atom stereocenters. The molecule has 17 heavy (non-hydrogen) atoms. The maximum atomic E-state index is 11.9. The Balaban J connectivity index is 1.94. The van der Waals surface area contributed by atoms with Gasteiger partial charge in [0.15, 0.2) is 0 Å². The van der Waals surface area contributed by atoms with Crippen LogP contribution >= 0.6 is 0 Å². The topological polar surface area (TPSA) is 32.8 Å². The summed E-state index contributed by atoms with van der Waals surface area (Å²) in [5.74, 6) is 0. The first-order chi connectivity index (χ1) is 8.36. The first-order valence-electron chi connectivity index (χ1n) is 6.16. The number of rotatable bonds is 1. The number of nitrogens with zero attached hydrogens (tertiary/aromatic N) is 2. The van der Waals surface area contributed by atoms with Crippen molar-refractivity contribution in [1.82, 2.24) is 5.01 Å². The van der Waals surface area contributed by atoms with E-state index in [1.807, 2.05) is 24.3 Å². The zero-order valence-electron chi connectivity index (χ0n) is 9.76. The molecule has 0 aliphatic carbocycles. The third kappa shape index (κ3) is 1.89. The normalized spacial score (nSPS) is 20.9. The minimum Gasteiger partial charge on any atom is -0.443 e. The monoisotopic (exact) mass is 232 g/mol. The van der Waals surface area contributed by atoms with E-state index in [1.54, 1.807) is 5.01 Å². The number of piperidine rings is 1. The fraction of sp³-hybridized carbons (Fsp3) is 0.462. The number of ether oxygens (including phenoxy) is 1. The molecule has 90 valence electrons. The van der Waals surface area contributed by atoms with Crippen molar-refractivity contribution in [2.45, 2.75) is 25.9 Å². The lowest BCUT2D eigenvalue weighted by Gasteiger charge is -2.39. The molecule has 0 N–H and O–H groups in total. The second-order valence-electron chi connectivity index (χ2n) is 4.51. The maximum absolute atomic E-state index is 11.9. The second-order valence-corrected chi connectivity index (χ2v) is 4.51. The summed E-state index contributed by atoms with van der Waals surface area (Å²) in [5, 5.41) is 3.81. The summed E-state index contributed by atoms with van der Waals surface area (Å²) >= 11 is 0. The van der Waals surface area contributed by atoms with E-state index in [1.165, 1.54) is 6.42 Å². The van der Waals surface area contributed by atoms with Crippen molar-refractivity contribution >= 4 is 11.8 Å². The predicted molar refractivity (Wildman–Crippen MR) is 64.5 cm³/mol. The summed E-state index contributed by atoms with van der Waals surface area (Å²) in [4.78, 5) is 11.9. The average Bonchev–Trinajstić information content (AvgIpc) is 2.39. The Bertz CT molecular complexity index is 427. The van der Waals surface area contributed by atoms with E-state index in [0.29, 0.717) is 6.61 Å². The van der Waals surface area contributed by atoms with E-state index in [4.69, 9.17) is 4.74 Å². The van der Waals surface area contributed by atoms with Crippen LogP contribution in [0.15, 0.2) is 24.3 Å². The van der Waals surface area contributed by atoms with Gasteiger partial charge in [-0.3, -0.25) is 0 Å². The van der Waals surface area contributed by atoms with E-state index in [-0.39, 0.29) is 6.09 Å². The van der Waals surface area contributed by atoms with Crippen LogP contribution in [0.3, 0.4) is 0 Å². The molecule has 0 unspecified atom stereocenters. The SMILES string of the molecule is O=C1OCc2ccccc2N1N1CCCCC1. The van der Waals surface area contributed by atoms with E-state index in [0.717, 1.165) is 37.2 Å². The van der Waals surface area contributed by atoms with Crippen LogP contribution in [0.2, 0.25) is 0 Å². The highest BCUT2D eigenvalue weighted by molar-refractivity contribution is 5.89. The van der Waals surface area contributed by atoms with E-state index < -0.39 is 0 Å². The van der Waals surface area contributed by atoms with Gasteiger partial charge in [0.05, 0.1) is 5.69 Å². The molecule has 1 fully saturated rings. The number of hydrogen-bond donors (Lipinski definition) is 0. The summed E-state index contributed by atoms with van der Waals surface area (Å²) in [6, 6.07) is 7.95. The van der Waals surface area contributed by atoms with Crippen LogP contribution in [-0.2, 0) is 11.3 Å². The first kappa shape index (κ1) is 10.6. The third-order valence-electron chi connectivity index (χ3n) is 3.36. The highest BCUT2D eigenvalue weighted by Gasteiger charge is 2.31. The van der Waals surface area contributed by atoms with Crippen molar-refractivity contribution in [3.05, 3.63) is 29.8 Å². The van der Waals surface area contributed by atoms with Gasteiger partial charge < -0.3 is 4.74 Å². The quantitative estimate of drug-likeness (QED) is 0.746. The molecule has 0 aromatic heterocycles. The molecular formula is C13H16N2O2. The Morgan fingerprint density at radius 2 is 1.82 bits per heavy atom. The Morgan fingerprint density at radius 1 is 1.06 bits per heavy atom. The van der Waals surface area contributed by atoms with Gasteiger partial charge in [0.2, 0.25) is 0 Å². The van der Waals surface area contributed by atoms with Crippen LogP contribution in [0, 0.1) is 0 Å². The summed E-state index contributed by atoms with van der Waals surface area (Å²) in [7, 11) is 0. The third-order valence-corrected chi connectivity index (χ3v) is 3.36. The molecule has 2 heterocycles. The molecule has 0 bridgehead atoms. The van der Waals surface area contributed by atoms with Crippen LogP contribution < -0.4 is 5.01 Å². The standard InChI is InChI=1S/C13H16N2O2/c16-13-15(14-8-4-1-5-9-14)12-7-3-2-6-11(12)10-17-13/h2-3,6-7H,1,4-5,8-10H2. The van der Waals surface area contributed by atoms with Crippen molar-refractivity contribution in [1.29, 1.82) is 0 Å². The van der Waals surface area contributed by atoms with Gasteiger partial charge in [-0.15, -0.1) is 0 Å². The number of carbonyl (C=O) groups is 1. The summed E-state index contributed by atoms with van der Waals surface area (Å²) < 4.78 is 5.22. The molecule has 1 saturated heterocycles. The number of carbonyl (C=O) groups excluding carboxylic acids is 1. The molecule has 0 radical (unpaired) electrons. The van der Waals surface area contributed by atoms with Crippen molar-refractivity contribution in [2.24, 2.45) is 0 Å². The Hall–Kier alpha value is -1.55. The zero-order valence-corrected chi connectivity index (χ0v) is 9.76. The van der Waals surface area contributed by atoms with E-state index in [9.17, 15) is 4.79 Å². The Labute approximate surface area is 101 Å². The highest BCUT2D eigenvalue weighted by Crippen LogP contribution is 2.29. The van der Waals surface area contributed by atoms with Crippen LogP contribution in [0.4, 0.5) is 10.5 Å². The molecule has 2 aliphatic heterocycles. The van der Waals surface area contributed by atoms with E-state index >= 15 is 0 Å². The number of hydrogen-bond acceptors (Lipinski definition) is 3. The lowest BCUT2D eigenvalue weighted by Crippen LogP contribution is -2.51. The summed E-state index contributed by atoms with van der Waals surface area (Å²) in [6.45, 7) is 2.26. The first-order valence-corrected chi connectivity index (χ1v) is 6.16.